The minimum absolute atomic E-state index is 0.0616. The molecule has 8 heteroatoms. The van der Waals surface area contributed by atoms with Gasteiger partial charge in [0.15, 0.2) is 11.5 Å². The molecule has 3 aromatic rings. The van der Waals surface area contributed by atoms with E-state index in [1.54, 1.807) is 54.6 Å². The first-order valence-corrected chi connectivity index (χ1v) is 10.9. The van der Waals surface area contributed by atoms with Crippen LogP contribution in [0.3, 0.4) is 0 Å². The van der Waals surface area contributed by atoms with Gasteiger partial charge in [-0.1, -0.05) is 13.8 Å². The first kappa shape index (κ1) is 21.6. The number of furan rings is 1. The van der Waals surface area contributed by atoms with E-state index in [0.717, 1.165) is 0 Å². The van der Waals surface area contributed by atoms with Crippen LogP contribution in [0.15, 0.2) is 70.9 Å². The number of aliphatic hydroxyl groups excluding tert-OH is 1. The quantitative estimate of drug-likeness (QED) is 0.324. The molecule has 1 saturated heterocycles. The lowest BCUT2D eigenvalue weighted by molar-refractivity contribution is -0.132. The summed E-state index contributed by atoms with van der Waals surface area (Å²) in [7, 11) is 0. The minimum atomic E-state index is -0.952. The van der Waals surface area contributed by atoms with Crippen molar-refractivity contribution < 1.29 is 33.3 Å². The van der Waals surface area contributed by atoms with Crippen molar-refractivity contribution in [2.75, 3.05) is 18.3 Å². The smallest absolute Gasteiger partial charge is 0.300 e. The number of carbonyl (C=O) groups is 2. The van der Waals surface area contributed by atoms with Gasteiger partial charge < -0.3 is 23.7 Å². The van der Waals surface area contributed by atoms with Gasteiger partial charge in [0.05, 0.1) is 18.4 Å². The van der Waals surface area contributed by atoms with E-state index < -0.39 is 17.7 Å². The Kier molecular flexibility index (Phi) is 5.49. The standard InChI is InChI=1S/C26H23NO7/c1-15(2)13-32-18-8-5-16(6-9-18)24(28)22-23(20-4-3-11-31-20)27(26(30)25(22)29)17-7-10-19-21(12-17)34-14-33-19/h3-12,15,23,28H,13-14H2,1-2H3/b24-22-. The van der Waals surface area contributed by atoms with Crippen LogP contribution in [-0.2, 0) is 9.59 Å². The van der Waals surface area contributed by atoms with Gasteiger partial charge in [-0.25, -0.2) is 0 Å². The minimum Gasteiger partial charge on any atom is -0.507 e. The van der Waals surface area contributed by atoms with E-state index >= 15 is 0 Å². The van der Waals surface area contributed by atoms with E-state index in [2.05, 4.69) is 0 Å². The molecule has 0 radical (unpaired) electrons. The average molecular weight is 461 g/mol. The summed E-state index contributed by atoms with van der Waals surface area (Å²) < 4.78 is 22.1. The fourth-order valence-electron chi connectivity index (χ4n) is 3.98. The molecule has 2 aromatic carbocycles. The van der Waals surface area contributed by atoms with Crippen LogP contribution in [0.1, 0.15) is 31.2 Å². The molecular weight excluding hydrogens is 438 g/mol. The van der Waals surface area contributed by atoms with E-state index in [0.29, 0.717) is 46.8 Å². The van der Waals surface area contributed by atoms with Gasteiger partial charge in [0.25, 0.3) is 11.7 Å². The molecule has 1 N–H and O–H groups in total. The number of rotatable bonds is 6. The highest BCUT2D eigenvalue weighted by atomic mass is 16.7. The Labute approximate surface area is 196 Å². The Hall–Kier alpha value is -4.20. The number of benzene rings is 2. The predicted octanol–water partition coefficient (Wildman–Crippen LogP) is 4.67. The van der Waals surface area contributed by atoms with E-state index in [-0.39, 0.29) is 18.1 Å². The molecule has 3 heterocycles. The number of fused-ring (bicyclic) bond motifs is 1. The lowest BCUT2D eigenvalue weighted by Crippen LogP contribution is -2.29. The van der Waals surface area contributed by atoms with Gasteiger partial charge in [-0.15, -0.1) is 0 Å². The lowest BCUT2D eigenvalue weighted by atomic mass is 9.99. The second-order valence-electron chi connectivity index (χ2n) is 8.45. The average Bonchev–Trinajstić information content (AvgIpc) is 3.58. The summed E-state index contributed by atoms with van der Waals surface area (Å²) in [6, 6.07) is 14.1. The SMILES string of the molecule is CC(C)COc1ccc(/C(O)=C2/C(=O)C(=O)N(c3ccc4c(c3)OCO4)C2c2ccco2)cc1. The van der Waals surface area contributed by atoms with Crippen molar-refractivity contribution in [2.45, 2.75) is 19.9 Å². The number of hydrogen-bond donors (Lipinski definition) is 1. The molecule has 1 unspecified atom stereocenters. The third kappa shape index (κ3) is 3.77. The second kappa shape index (κ2) is 8.62. The first-order valence-electron chi connectivity index (χ1n) is 10.9. The maximum Gasteiger partial charge on any atom is 0.300 e. The maximum absolute atomic E-state index is 13.2. The third-order valence-corrected chi connectivity index (χ3v) is 5.60. The number of anilines is 1. The van der Waals surface area contributed by atoms with Crippen LogP contribution in [0.4, 0.5) is 5.69 Å². The zero-order valence-electron chi connectivity index (χ0n) is 18.7. The highest BCUT2D eigenvalue weighted by Crippen LogP contribution is 2.45. The summed E-state index contributed by atoms with van der Waals surface area (Å²) in [5, 5.41) is 11.2. The second-order valence-corrected chi connectivity index (χ2v) is 8.45. The predicted molar refractivity (Wildman–Crippen MR) is 123 cm³/mol. The molecule has 0 saturated carbocycles. The van der Waals surface area contributed by atoms with Crippen molar-refractivity contribution in [1.29, 1.82) is 0 Å². The van der Waals surface area contributed by atoms with Gasteiger partial charge in [-0.2, -0.15) is 0 Å². The molecule has 2 aliphatic heterocycles. The van der Waals surface area contributed by atoms with E-state index in [4.69, 9.17) is 18.6 Å². The Morgan fingerprint density at radius 3 is 2.56 bits per heavy atom. The van der Waals surface area contributed by atoms with Crippen LogP contribution in [0.25, 0.3) is 5.76 Å². The largest absolute Gasteiger partial charge is 0.507 e. The first-order chi connectivity index (χ1) is 16.4. The van der Waals surface area contributed by atoms with Crippen molar-refractivity contribution in [3.8, 4) is 17.2 Å². The molecule has 174 valence electrons. The van der Waals surface area contributed by atoms with E-state index in [1.165, 1.54) is 11.2 Å². The zero-order valence-corrected chi connectivity index (χ0v) is 18.7. The molecule has 1 fully saturated rings. The molecular formula is C26H23NO7. The fraction of sp³-hybridized carbons (Fsp3) is 0.231. The maximum atomic E-state index is 13.2. The monoisotopic (exact) mass is 461 g/mol. The van der Waals surface area contributed by atoms with Crippen molar-refractivity contribution >= 4 is 23.1 Å². The van der Waals surface area contributed by atoms with Gasteiger partial charge in [-0.3, -0.25) is 14.5 Å². The van der Waals surface area contributed by atoms with Gasteiger partial charge in [-0.05, 0) is 54.4 Å². The fourth-order valence-corrected chi connectivity index (χ4v) is 3.98. The van der Waals surface area contributed by atoms with Gasteiger partial charge in [0.2, 0.25) is 6.79 Å². The number of ether oxygens (including phenoxy) is 3. The highest BCUT2D eigenvalue weighted by Gasteiger charge is 2.48. The molecule has 1 amide bonds. The summed E-state index contributed by atoms with van der Waals surface area (Å²) in [5.41, 5.74) is 0.745. The summed E-state index contributed by atoms with van der Waals surface area (Å²) in [4.78, 5) is 27.6. The lowest BCUT2D eigenvalue weighted by Gasteiger charge is -2.23. The molecule has 0 spiro atoms. The number of carbonyl (C=O) groups excluding carboxylic acids is 2. The molecule has 34 heavy (non-hydrogen) atoms. The Bertz CT molecular complexity index is 1260. The Morgan fingerprint density at radius 1 is 1.09 bits per heavy atom. The highest BCUT2D eigenvalue weighted by molar-refractivity contribution is 6.51. The van der Waals surface area contributed by atoms with Crippen molar-refractivity contribution in [1.82, 2.24) is 0 Å². The van der Waals surface area contributed by atoms with Crippen LogP contribution in [0.2, 0.25) is 0 Å². The van der Waals surface area contributed by atoms with E-state index in [9.17, 15) is 14.7 Å². The van der Waals surface area contributed by atoms with Crippen LogP contribution in [0, 0.1) is 5.92 Å². The Morgan fingerprint density at radius 2 is 1.85 bits per heavy atom. The van der Waals surface area contributed by atoms with Crippen molar-refractivity contribution in [2.24, 2.45) is 5.92 Å². The number of nitrogens with zero attached hydrogens (tertiary/aromatic N) is 1. The molecule has 8 nitrogen and oxygen atoms in total. The summed E-state index contributed by atoms with van der Waals surface area (Å²) in [6.45, 7) is 4.74. The van der Waals surface area contributed by atoms with Gasteiger partial charge >= 0.3 is 0 Å². The van der Waals surface area contributed by atoms with Crippen molar-refractivity contribution in [3.63, 3.8) is 0 Å². The van der Waals surface area contributed by atoms with Crippen LogP contribution in [-0.4, -0.2) is 30.2 Å². The molecule has 1 atom stereocenters. The van der Waals surface area contributed by atoms with Crippen LogP contribution >= 0.6 is 0 Å². The molecule has 5 rings (SSSR count). The van der Waals surface area contributed by atoms with Crippen LogP contribution < -0.4 is 19.1 Å². The Balaban J connectivity index is 1.56. The summed E-state index contributed by atoms with van der Waals surface area (Å²) in [6.07, 6.45) is 1.45. The summed E-state index contributed by atoms with van der Waals surface area (Å²) >= 11 is 0. The topological polar surface area (TPSA) is 98.4 Å². The normalized spacial score (nSPS) is 18.7. The number of aliphatic hydroxyl groups is 1. The molecule has 0 aliphatic carbocycles. The van der Waals surface area contributed by atoms with Gasteiger partial charge in [0, 0.05) is 17.3 Å². The van der Waals surface area contributed by atoms with Crippen LogP contribution in [0.5, 0.6) is 17.2 Å². The van der Waals surface area contributed by atoms with Crippen molar-refractivity contribution in [3.05, 3.63) is 77.8 Å². The van der Waals surface area contributed by atoms with E-state index in [1.807, 2.05) is 13.8 Å². The number of amides is 1. The molecule has 1 aromatic heterocycles. The number of Topliss-reactive ketones (excluding diaryl/α,β-unsaturated/α-hetero) is 1. The van der Waals surface area contributed by atoms with Gasteiger partial charge in [0.1, 0.15) is 23.3 Å². The molecule has 0 bridgehead atoms. The molecule has 2 aliphatic rings. The summed E-state index contributed by atoms with van der Waals surface area (Å²) in [5.74, 6) is 0.496. The number of ketones is 1. The number of hydrogen-bond acceptors (Lipinski definition) is 7. The zero-order chi connectivity index (χ0) is 23.8. The third-order valence-electron chi connectivity index (χ3n) is 5.60.